The molecule has 1 heterocycles. The molecule has 0 spiro atoms. The minimum absolute atomic E-state index is 0.237. The van der Waals surface area contributed by atoms with Crippen molar-refractivity contribution in [2.75, 3.05) is 0 Å². The molecule has 0 saturated carbocycles. The quantitative estimate of drug-likeness (QED) is 0.768. The summed E-state index contributed by atoms with van der Waals surface area (Å²) in [6.45, 7) is 0.691. The van der Waals surface area contributed by atoms with Gasteiger partial charge in [0.15, 0.2) is 0 Å². The summed E-state index contributed by atoms with van der Waals surface area (Å²) in [7, 11) is 0. The molecular formula is C16H14BrNOS. The third kappa shape index (κ3) is 3.07. The van der Waals surface area contributed by atoms with E-state index in [1.807, 2.05) is 35.2 Å². The molecule has 102 valence electrons. The molecule has 0 N–H and O–H groups in total. The third-order valence-electron chi connectivity index (χ3n) is 3.30. The van der Waals surface area contributed by atoms with Crippen LogP contribution in [0.15, 0.2) is 64.0 Å². The minimum atomic E-state index is 0.237. The molecule has 1 fully saturated rings. The van der Waals surface area contributed by atoms with Gasteiger partial charge in [0.1, 0.15) is 0 Å². The van der Waals surface area contributed by atoms with Crippen molar-refractivity contribution in [1.82, 2.24) is 4.90 Å². The Balaban J connectivity index is 1.66. The van der Waals surface area contributed by atoms with Crippen LogP contribution in [0.4, 0.5) is 0 Å². The number of thioether (sulfide) groups is 1. The standard InChI is InChI=1S/C16H14BrNOS/c17-13-8-6-12(7-9-13)11-18-15(19)10-16(18)20-14-4-2-1-3-5-14/h1-9,16H,10-11H2. The van der Waals surface area contributed by atoms with Gasteiger partial charge in [-0.15, -0.1) is 11.8 Å². The summed E-state index contributed by atoms with van der Waals surface area (Å²) in [5.41, 5.74) is 1.17. The SMILES string of the molecule is O=C1CC(Sc2ccccc2)N1Cc1ccc(Br)cc1. The van der Waals surface area contributed by atoms with Crippen molar-refractivity contribution in [3.05, 3.63) is 64.6 Å². The van der Waals surface area contributed by atoms with E-state index in [1.165, 1.54) is 10.5 Å². The van der Waals surface area contributed by atoms with E-state index in [0.29, 0.717) is 13.0 Å². The molecule has 1 aliphatic rings. The van der Waals surface area contributed by atoms with Gasteiger partial charge in [-0.1, -0.05) is 46.3 Å². The van der Waals surface area contributed by atoms with Crippen LogP contribution < -0.4 is 0 Å². The highest BCUT2D eigenvalue weighted by atomic mass is 79.9. The Hall–Kier alpha value is -1.26. The lowest BCUT2D eigenvalue weighted by Crippen LogP contribution is -2.49. The van der Waals surface area contributed by atoms with Crippen molar-refractivity contribution in [2.45, 2.75) is 23.2 Å². The summed E-state index contributed by atoms with van der Waals surface area (Å²) in [5, 5.41) is 0.258. The lowest BCUT2D eigenvalue weighted by Gasteiger charge is -2.40. The Labute approximate surface area is 131 Å². The van der Waals surface area contributed by atoms with E-state index in [9.17, 15) is 4.79 Å². The summed E-state index contributed by atoms with van der Waals surface area (Å²) in [6.07, 6.45) is 0.635. The zero-order valence-corrected chi connectivity index (χ0v) is 13.2. The number of hydrogen-bond donors (Lipinski definition) is 0. The van der Waals surface area contributed by atoms with E-state index in [1.54, 1.807) is 11.8 Å². The molecule has 1 atom stereocenters. The van der Waals surface area contributed by atoms with Crippen LogP contribution in [0.25, 0.3) is 0 Å². The van der Waals surface area contributed by atoms with Crippen LogP contribution in [-0.2, 0) is 11.3 Å². The van der Waals surface area contributed by atoms with Gasteiger partial charge in [0.05, 0.1) is 11.8 Å². The second kappa shape index (κ2) is 6.02. The molecule has 1 aliphatic heterocycles. The number of benzene rings is 2. The lowest BCUT2D eigenvalue weighted by molar-refractivity contribution is -0.142. The Morgan fingerprint density at radius 3 is 2.45 bits per heavy atom. The summed E-state index contributed by atoms with van der Waals surface area (Å²) < 4.78 is 1.06. The maximum Gasteiger partial charge on any atom is 0.226 e. The van der Waals surface area contributed by atoms with Gasteiger partial charge < -0.3 is 4.90 Å². The number of nitrogens with zero attached hydrogens (tertiary/aromatic N) is 1. The molecule has 0 radical (unpaired) electrons. The highest BCUT2D eigenvalue weighted by Gasteiger charge is 2.36. The molecule has 4 heteroatoms. The first-order valence-electron chi connectivity index (χ1n) is 6.48. The smallest absolute Gasteiger partial charge is 0.226 e. The fraction of sp³-hybridized carbons (Fsp3) is 0.188. The lowest BCUT2D eigenvalue weighted by atomic mass is 10.1. The van der Waals surface area contributed by atoms with Crippen LogP contribution in [0.2, 0.25) is 0 Å². The summed E-state index contributed by atoms with van der Waals surface area (Å²) in [5.74, 6) is 0.237. The van der Waals surface area contributed by atoms with E-state index in [-0.39, 0.29) is 11.3 Å². The van der Waals surface area contributed by atoms with Gasteiger partial charge in [0.2, 0.25) is 5.91 Å². The normalized spacial score (nSPS) is 17.9. The third-order valence-corrected chi connectivity index (χ3v) is 5.06. The first-order valence-corrected chi connectivity index (χ1v) is 8.15. The Morgan fingerprint density at radius 2 is 1.80 bits per heavy atom. The van der Waals surface area contributed by atoms with Gasteiger partial charge in [-0.25, -0.2) is 0 Å². The first-order chi connectivity index (χ1) is 9.72. The number of halogens is 1. The zero-order valence-electron chi connectivity index (χ0n) is 10.8. The predicted octanol–water partition coefficient (Wildman–Crippen LogP) is 4.30. The summed E-state index contributed by atoms with van der Waals surface area (Å²) in [6, 6.07) is 18.4. The van der Waals surface area contributed by atoms with Crippen molar-refractivity contribution in [2.24, 2.45) is 0 Å². The van der Waals surface area contributed by atoms with Gasteiger partial charge in [-0.3, -0.25) is 4.79 Å². The van der Waals surface area contributed by atoms with Crippen LogP contribution in [0.1, 0.15) is 12.0 Å². The summed E-state index contributed by atoms with van der Waals surface area (Å²) >= 11 is 5.19. The molecular weight excluding hydrogens is 334 g/mol. The fourth-order valence-corrected chi connectivity index (χ4v) is 3.60. The van der Waals surface area contributed by atoms with E-state index in [2.05, 4.69) is 40.2 Å². The van der Waals surface area contributed by atoms with Crippen molar-refractivity contribution in [3.8, 4) is 0 Å². The molecule has 2 aromatic carbocycles. The molecule has 2 nitrogen and oxygen atoms in total. The highest BCUT2D eigenvalue weighted by molar-refractivity contribution is 9.10. The van der Waals surface area contributed by atoms with Crippen molar-refractivity contribution >= 4 is 33.6 Å². The average molecular weight is 348 g/mol. The molecule has 1 amide bonds. The van der Waals surface area contributed by atoms with Crippen molar-refractivity contribution < 1.29 is 4.79 Å². The molecule has 0 aromatic heterocycles. The van der Waals surface area contributed by atoms with Gasteiger partial charge in [-0.2, -0.15) is 0 Å². The van der Waals surface area contributed by atoms with E-state index in [4.69, 9.17) is 0 Å². The number of likely N-dealkylation sites (tertiary alicyclic amines) is 1. The number of carbonyl (C=O) groups excluding carboxylic acids is 1. The van der Waals surface area contributed by atoms with E-state index in [0.717, 1.165) is 4.47 Å². The molecule has 2 aromatic rings. The van der Waals surface area contributed by atoms with Crippen LogP contribution in [0.5, 0.6) is 0 Å². The second-order valence-corrected chi connectivity index (χ2v) is 6.90. The fourth-order valence-electron chi connectivity index (χ4n) is 2.16. The van der Waals surface area contributed by atoms with Crippen molar-refractivity contribution in [3.63, 3.8) is 0 Å². The van der Waals surface area contributed by atoms with Crippen LogP contribution in [-0.4, -0.2) is 16.2 Å². The van der Waals surface area contributed by atoms with Gasteiger partial charge in [0, 0.05) is 15.9 Å². The van der Waals surface area contributed by atoms with Crippen LogP contribution in [0.3, 0.4) is 0 Å². The van der Waals surface area contributed by atoms with Gasteiger partial charge >= 0.3 is 0 Å². The molecule has 0 bridgehead atoms. The Morgan fingerprint density at radius 1 is 1.10 bits per heavy atom. The number of β-lactam (4-membered cyclic amide) rings is 1. The highest BCUT2D eigenvalue weighted by Crippen LogP contribution is 2.35. The predicted molar refractivity (Wildman–Crippen MR) is 85.4 cm³/mol. The second-order valence-electron chi connectivity index (χ2n) is 4.74. The zero-order chi connectivity index (χ0) is 13.9. The van der Waals surface area contributed by atoms with Crippen LogP contribution in [0, 0.1) is 0 Å². The molecule has 1 saturated heterocycles. The van der Waals surface area contributed by atoms with Crippen molar-refractivity contribution in [1.29, 1.82) is 0 Å². The number of amides is 1. The average Bonchev–Trinajstić information content (AvgIpc) is 2.47. The minimum Gasteiger partial charge on any atom is -0.325 e. The molecule has 20 heavy (non-hydrogen) atoms. The van der Waals surface area contributed by atoms with E-state index < -0.39 is 0 Å². The monoisotopic (exact) mass is 347 g/mol. The maximum absolute atomic E-state index is 11.8. The van der Waals surface area contributed by atoms with E-state index >= 15 is 0 Å². The molecule has 0 aliphatic carbocycles. The van der Waals surface area contributed by atoms with Gasteiger partial charge in [0.25, 0.3) is 0 Å². The van der Waals surface area contributed by atoms with Gasteiger partial charge in [-0.05, 0) is 29.8 Å². The maximum atomic E-state index is 11.8. The number of hydrogen-bond acceptors (Lipinski definition) is 2. The Kier molecular flexibility index (Phi) is 4.13. The molecule has 3 rings (SSSR count). The summed E-state index contributed by atoms with van der Waals surface area (Å²) in [4.78, 5) is 15.0. The van der Waals surface area contributed by atoms with Crippen LogP contribution >= 0.6 is 27.7 Å². The number of rotatable bonds is 4. The largest absolute Gasteiger partial charge is 0.325 e. The molecule has 1 unspecified atom stereocenters. The first kappa shape index (κ1) is 13.7. The Bertz CT molecular complexity index is 600. The number of carbonyl (C=O) groups is 1. The topological polar surface area (TPSA) is 20.3 Å².